The maximum atomic E-state index is 12.2. The second kappa shape index (κ2) is 7.74. The molecule has 0 fully saturated rings. The van der Waals surface area contributed by atoms with E-state index >= 15 is 0 Å². The molecule has 0 aliphatic rings. The largest absolute Gasteiger partial charge is 0.410 e. The Kier molecular flexibility index (Phi) is 5.46. The summed E-state index contributed by atoms with van der Waals surface area (Å²) in [6, 6.07) is 16.5. The highest BCUT2D eigenvalue weighted by Gasteiger charge is 2.16. The normalized spacial score (nSPS) is 11.9. The first-order chi connectivity index (χ1) is 11.1. The molecule has 118 valence electrons. The van der Waals surface area contributed by atoms with Crippen molar-refractivity contribution in [3.8, 4) is 0 Å². The number of oxime groups is 1. The summed E-state index contributed by atoms with van der Waals surface area (Å²) in [5, 5.41) is 18.9. The topological polar surface area (TPSA) is 86.1 Å². The van der Waals surface area contributed by atoms with Crippen molar-refractivity contribution >= 4 is 28.7 Å². The maximum absolute atomic E-state index is 12.2. The number of amides is 1. The van der Waals surface area contributed by atoms with Gasteiger partial charge in [-0.3, -0.25) is 10.2 Å². The molecule has 2 aromatic carbocycles. The van der Waals surface area contributed by atoms with Crippen molar-refractivity contribution in [1.29, 1.82) is 0 Å². The predicted octanol–water partition coefficient (Wildman–Crippen LogP) is 3.25. The first-order valence-electron chi connectivity index (χ1n) is 7.06. The molecular formula is C17H18N4O2. The minimum atomic E-state index is -0.536. The van der Waals surface area contributed by atoms with E-state index in [0.29, 0.717) is 5.69 Å². The van der Waals surface area contributed by atoms with Gasteiger partial charge in [-0.05, 0) is 37.6 Å². The van der Waals surface area contributed by atoms with Gasteiger partial charge < -0.3 is 10.5 Å². The van der Waals surface area contributed by atoms with Gasteiger partial charge in [0.05, 0.1) is 11.4 Å². The fourth-order valence-corrected chi connectivity index (χ4v) is 1.89. The van der Waals surface area contributed by atoms with Gasteiger partial charge in [0.2, 0.25) is 0 Å². The van der Waals surface area contributed by atoms with E-state index in [-0.39, 0.29) is 11.4 Å². The number of aryl methyl sites for hydroxylation is 1. The lowest BCUT2D eigenvalue weighted by Crippen LogP contribution is -2.29. The van der Waals surface area contributed by atoms with Gasteiger partial charge in [-0.15, -0.1) is 0 Å². The molecule has 0 heterocycles. The monoisotopic (exact) mass is 310 g/mol. The van der Waals surface area contributed by atoms with Gasteiger partial charge in [-0.25, -0.2) is 0 Å². The molecule has 0 saturated carbocycles. The Hall–Kier alpha value is -3.15. The molecule has 0 aliphatic carbocycles. The van der Waals surface area contributed by atoms with Gasteiger partial charge in [-0.1, -0.05) is 41.6 Å². The molecule has 0 aromatic heterocycles. The van der Waals surface area contributed by atoms with Gasteiger partial charge in [-0.2, -0.15) is 5.10 Å². The van der Waals surface area contributed by atoms with Crippen molar-refractivity contribution in [1.82, 2.24) is 0 Å². The number of nitrogens with one attached hydrogen (secondary N) is 2. The van der Waals surface area contributed by atoms with Crippen LogP contribution in [0.25, 0.3) is 0 Å². The predicted molar refractivity (Wildman–Crippen MR) is 92.2 cm³/mol. The average Bonchev–Trinajstić information content (AvgIpc) is 2.55. The summed E-state index contributed by atoms with van der Waals surface area (Å²) in [4.78, 5) is 12.2. The van der Waals surface area contributed by atoms with Gasteiger partial charge in [0.15, 0.2) is 5.71 Å². The molecule has 23 heavy (non-hydrogen) atoms. The third kappa shape index (κ3) is 4.41. The Morgan fingerprint density at radius 2 is 1.70 bits per heavy atom. The van der Waals surface area contributed by atoms with E-state index in [0.717, 1.165) is 11.3 Å². The highest BCUT2D eigenvalue weighted by atomic mass is 16.4. The summed E-state index contributed by atoms with van der Waals surface area (Å²) < 4.78 is 0. The smallest absolute Gasteiger partial charge is 0.279 e. The van der Waals surface area contributed by atoms with Gasteiger partial charge in [0.1, 0.15) is 0 Å². The highest BCUT2D eigenvalue weighted by Crippen LogP contribution is 2.13. The Bertz CT molecular complexity index is 739. The Morgan fingerprint density at radius 3 is 2.35 bits per heavy atom. The zero-order chi connectivity index (χ0) is 16.7. The highest BCUT2D eigenvalue weighted by molar-refractivity contribution is 6.68. The van der Waals surface area contributed by atoms with Gasteiger partial charge in [0.25, 0.3) is 5.91 Å². The molecule has 0 aliphatic heterocycles. The number of hydrazone groups is 1. The summed E-state index contributed by atoms with van der Waals surface area (Å²) in [7, 11) is 0. The second-order valence-corrected chi connectivity index (χ2v) is 4.89. The van der Waals surface area contributed by atoms with E-state index in [1.54, 1.807) is 31.2 Å². The fraction of sp³-hybridized carbons (Fsp3) is 0.118. The van der Waals surface area contributed by atoms with Crippen LogP contribution in [0, 0.1) is 6.92 Å². The van der Waals surface area contributed by atoms with Crippen LogP contribution in [-0.4, -0.2) is 22.5 Å². The van der Waals surface area contributed by atoms with Crippen molar-refractivity contribution in [2.24, 2.45) is 10.3 Å². The minimum Gasteiger partial charge on any atom is -0.410 e. The van der Waals surface area contributed by atoms with Crippen molar-refractivity contribution in [2.75, 3.05) is 10.7 Å². The average molecular weight is 310 g/mol. The van der Waals surface area contributed by atoms with E-state index in [2.05, 4.69) is 21.0 Å². The van der Waals surface area contributed by atoms with Crippen molar-refractivity contribution in [3.63, 3.8) is 0 Å². The Morgan fingerprint density at radius 1 is 1.04 bits per heavy atom. The summed E-state index contributed by atoms with van der Waals surface area (Å²) in [5.41, 5.74) is 5.41. The SMILES string of the molecule is CC(=N/Nc1ccccc1C)/C(=N\O)C(=O)Nc1ccccc1. The summed E-state index contributed by atoms with van der Waals surface area (Å²) in [5.74, 6) is -0.536. The molecule has 2 rings (SSSR count). The van der Waals surface area contributed by atoms with Crippen LogP contribution in [0.15, 0.2) is 64.9 Å². The number of carbonyl (C=O) groups excluding carboxylic acids is 1. The van der Waals surface area contributed by atoms with E-state index < -0.39 is 5.91 Å². The lowest BCUT2D eigenvalue weighted by molar-refractivity contribution is -0.110. The first-order valence-corrected chi connectivity index (χ1v) is 7.06. The molecular weight excluding hydrogens is 292 g/mol. The van der Waals surface area contributed by atoms with E-state index in [4.69, 9.17) is 5.21 Å². The molecule has 0 unspecified atom stereocenters. The Labute approximate surface area is 134 Å². The summed E-state index contributed by atoms with van der Waals surface area (Å²) in [6.07, 6.45) is 0. The van der Waals surface area contributed by atoms with Crippen molar-refractivity contribution in [3.05, 3.63) is 60.2 Å². The number of nitrogens with zero attached hydrogens (tertiary/aromatic N) is 2. The zero-order valence-electron chi connectivity index (χ0n) is 12.9. The lowest BCUT2D eigenvalue weighted by Gasteiger charge is -2.08. The minimum absolute atomic E-state index is 0.157. The first kappa shape index (κ1) is 16.2. The maximum Gasteiger partial charge on any atom is 0.279 e. The quantitative estimate of drug-likeness (QED) is 0.450. The molecule has 1 amide bonds. The van der Waals surface area contributed by atoms with Gasteiger partial charge in [0, 0.05) is 5.69 Å². The number of rotatable bonds is 5. The standard InChI is InChI=1S/C17H18N4O2/c1-12-8-6-7-11-15(12)20-19-13(2)16(21-23)17(22)18-14-9-4-3-5-10-14/h3-11,20,23H,1-2H3,(H,18,22)/b19-13-,21-16+. The van der Waals surface area contributed by atoms with Crippen LogP contribution in [-0.2, 0) is 4.79 Å². The van der Waals surface area contributed by atoms with E-state index in [1.807, 2.05) is 37.3 Å². The molecule has 6 nitrogen and oxygen atoms in total. The lowest BCUT2D eigenvalue weighted by atomic mass is 10.2. The van der Waals surface area contributed by atoms with E-state index in [1.165, 1.54) is 0 Å². The number of anilines is 2. The molecule has 0 atom stereocenters. The molecule has 0 bridgehead atoms. The van der Waals surface area contributed by atoms with Crippen molar-refractivity contribution < 1.29 is 10.0 Å². The second-order valence-electron chi connectivity index (χ2n) is 4.89. The van der Waals surface area contributed by atoms with Crippen LogP contribution < -0.4 is 10.7 Å². The third-order valence-corrected chi connectivity index (χ3v) is 3.18. The molecule has 3 N–H and O–H groups in total. The number of hydrogen-bond acceptors (Lipinski definition) is 5. The number of benzene rings is 2. The number of para-hydroxylation sites is 2. The molecule has 0 spiro atoms. The van der Waals surface area contributed by atoms with Crippen LogP contribution in [0.2, 0.25) is 0 Å². The fourth-order valence-electron chi connectivity index (χ4n) is 1.89. The van der Waals surface area contributed by atoms with Crippen LogP contribution in [0.3, 0.4) is 0 Å². The summed E-state index contributed by atoms with van der Waals surface area (Å²) in [6.45, 7) is 3.53. The molecule has 0 radical (unpaired) electrons. The van der Waals surface area contributed by atoms with E-state index in [9.17, 15) is 4.79 Å². The molecule has 0 saturated heterocycles. The van der Waals surface area contributed by atoms with Crippen LogP contribution in [0.1, 0.15) is 12.5 Å². The third-order valence-electron chi connectivity index (χ3n) is 3.18. The van der Waals surface area contributed by atoms with Crippen LogP contribution in [0.4, 0.5) is 11.4 Å². The number of hydrogen-bond donors (Lipinski definition) is 3. The molecule has 2 aromatic rings. The Balaban J connectivity index is 2.09. The van der Waals surface area contributed by atoms with Crippen LogP contribution >= 0.6 is 0 Å². The van der Waals surface area contributed by atoms with Crippen molar-refractivity contribution in [2.45, 2.75) is 13.8 Å². The van der Waals surface area contributed by atoms with Crippen LogP contribution in [0.5, 0.6) is 0 Å². The molecule has 6 heteroatoms. The number of carbonyl (C=O) groups is 1. The summed E-state index contributed by atoms with van der Waals surface area (Å²) >= 11 is 0. The zero-order valence-corrected chi connectivity index (χ0v) is 12.9. The van der Waals surface area contributed by atoms with Gasteiger partial charge >= 0.3 is 0 Å².